The number of ether oxygens (including phenoxy) is 2. The van der Waals surface area contributed by atoms with E-state index in [1.165, 1.54) is 24.3 Å². The lowest BCUT2D eigenvalue weighted by Gasteiger charge is -2.16. The Morgan fingerprint density at radius 2 is 1.79 bits per heavy atom. The van der Waals surface area contributed by atoms with Crippen LogP contribution >= 0.6 is 11.5 Å². The van der Waals surface area contributed by atoms with Crippen LogP contribution in [-0.4, -0.2) is 28.0 Å². The van der Waals surface area contributed by atoms with E-state index >= 15 is 0 Å². The third-order valence-corrected chi connectivity index (χ3v) is 4.47. The van der Waals surface area contributed by atoms with Gasteiger partial charge in [-0.05, 0) is 61.9 Å². The topological polar surface area (TPSA) is 73.3 Å². The largest absolute Gasteiger partial charge is 0.494 e. The van der Waals surface area contributed by atoms with Crippen LogP contribution < -0.4 is 14.8 Å². The van der Waals surface area contributed by atoms with Gasteiger partial charge in [-0.2, -0.15) is 9.36 Å². The van der Waals surface area contributed by atoms with Gasteiger partial charge in [0, 0.05) is 17.1 Å². The predicted molar refractivity (Wildman–Crippen MR) is 106 cm³/mol. The van der Waals surface area contributed by atoms with Gasteiger partial charge in [-0.1, -0.05) is 6.92 Å². The minimum atomic E-state index is -0.719. The summed E-state index contributed by atoms with van der Waals surface area (Å²) in [7, 11) is 0. The van der Waals surface area contributed by atoms with Crippen molar-refractivity contribution < 1.29 is 18.7 Å². The van der Waals surface area contributed by atoms with Crippen LogP contribution in [0.1, 0.15) is 20.3 Å². The highest BCUT2D eigenvalue weighted by Gasteiger charge is 2.20. The van der Waals surface area contributed by atoms with Crippen molar-refractivity contribution in [2.45, 2.75) is 26.4 Å². The van der Waals surface area contributed by atoms with Crippen molar-refractivity contribution in [2.75, 3.05) is 11.9 Å². The first kappa shape index (κ1) is 19.8. The fraction of sp³-hybridized carbons (Fsp3) is 0.250. The zero-order valence-corrected chi connectivity index (χ0v) is 16.3. The number of nitrogens with one attached hydrogen (secondary N) is 1. The fourth-order valence-electron chi connectivity index (χ4n) is 2.44. The van der Waals surface area contributed by atoms with Gasteiger partial charge < -0.3 is 9.47 Å². The Morgan fingerprint density at radius 3 is 2.43 bits per heavy atom. The van der Waals surface area contributed by atoms with Crippen molar-refractivity contribution in [1.82, 2.24) is 9.36 Å². The number of benzene rings is 2. The van der Waals surface area contributed by atoms with Gasteiger partial charge in [0.25, 0.3) is 5.91 Å². The summed E-state index contributed by atoms with van der Waals surface area (Å²) < 4.78 is 28.3. The summed E-state index contributed by atoms with van der Waals surface area (Å²) in [4.78, 5) is 16.9. The summed E-state index contributed by atoms with van der Waals surface area (Å²) in [6, 6.07) is 13.0. The van der Waals surface area contributed by atoms with Gasteiger partial charge in [-0.3, -0.25) is 10.1 Å². The molecule has 1 N–H and O–H groups in total. The second-order valence-corrected chi connectivity index (χ2v) is 6.59. The van der Waals surface area contributed by atoms with Crippen LogP contribution in [0.25, 0.3) is 11.4 Å². The van der Waals surface area contributed by atoms with Crippen LogP contribution in [0.2, 0.25) is 0 Å². The second-order valence-electron chi connectivity index (χ2n) is 5.84. The number of carbonyl (C=O) groups excluding carboxylic acids is 1. The fourth-order valence-corrected chi connectivity index (χ4v) is 3.04. The third kappa shape index (κ3) is 5.04. The van der Waals surface area contributed by atoms with Crippen LogP contribution in [-0.2, 0) is 4.79 Å². The Bertz CT molecular complexity index is 913. The molecule has 146 valence electrons. The van der Waals surface area contributed by atoms with Crippen LogP contribution in [0.4, 0.5) is 9.52 Å². The number of hydrogen-bond donors (Lipinski definition) is 1. The molecular formula is C20H20FN3O3S. The first-order valence-corrected chi connectivity index (χ1v) is 9.66. The van der Waals surface area contributed by atoms with Crippen molar-refractivity contribution in [3.63, 3.8) is 0 Å². The van der Waals surface area contributed by atoms with Crippen molar-refractivity contribution >= 4 is 22.6 Å². The Morgan fingerprint density at radius 1 is 1.11 bits per heavy atom. The van der Waals surface area contributed by atoms with Crippen LogP contribution in [0.3, 0.4) is 0 Å². The molecule has 0 aliphatic heterocycles. The van der Waals surface area contributed by atoms with E-state index < -0.39 is 6.10 Å². The molecule has 1 atom stereocenters. The minimum Gasteiger partial charge on any atom is -0.494 e. The molecule has 0 radical (unpaired) electrons. The van der Waals surface area contributed by atoms with Crippen molar-refractivity contribution in [3.8, 4) is 22.9 Å². The third-order valence-electron chi connectivity index (χ3n) is 3.83. The van der Waals surface area contributed by atoms with Crippen LogP contribution in [0, 0.1) is 5.82 Å². The zero-order valence-electron chi connectivity index (χ0n) is 15.5. The summed E-state index contributed by atoms with van der Waals surface area (Å²) >= 11 is 1.09. The molecule has 0 fully saturated rings. The molecule has 2 aromatic carbocycles. The Kier molecular flexibility index (Phi) is 6.54. The highest BCUT2D eigenvalue weighted by Crippen LogP contribution is 2.24. The first-order chi connectivity index (χ1) is 13.6. The van der Waals surface area contributed by atoms with Gasteiger partial charge in [0.2, 0.25) is 5.13 Å². The zero-order chi connectivity index (χ0) is 19.9. The lowest BCUT2D eigenvalue weighted by Crippen LogP contribution is -2.32. The first-order valence-electron chi connectivity index (χ1n) is 8.89. The van der Waals surface area contributed by atoms with E-state index in [4.69, 9.17) is 9.47 Å². The molecule has 0 bridgehead atoms. The number of halogens is 1. The van der Waals surface area contributed by atoms with Crippen molar-refractivity contribution in [2.24, 2.45) is 0 Å². The van der Waals surface area contributed by atoms with Crippen LogP contribution in [0.15, 0.2) is 48.5 Å². The molecule has 0 aliphatic rings. The summed E-state index contributed by atoms with van der Waals surface area (Å²) in [6.07, 6.45) is -0.267. The quantitative estimate of drug-likeness (QED) is 0.600. The molecule has 0 spiro atoms. The number of rotatable bonds is 8. The van der Waals surface area contributed by atoms with Gasteiger partial charge in [-0.25, -0.2) is 4.39 Å². The lowest BCUT2D eigenvalue weighted by molar-refractivity contribution is -0.122. The molecule has 28 heavy (non-hydrogen) atoms. The number of aromatic nitrogens is 2. The Labute approximate surface area is 166 Å². The maximum Gasteiger partial charge on any atom is 0.267 e. The standard InChI is InChI=1S/C20H20FN3O3S/c1-3-17(27-16-11-7-14(21)8-12-16)19(25)23-20-22-18(24-28-20)13-5-9-15(10-6-13)26-4-2/h5-12,17H,3-4H2,1-2H3,(H,22,23,24,25)/t17-/m1/s1. The van der Waals surface area contributed by atoms with E-state index in [1.807, 2.05) is 38.1 Å². The lowest BCUT2D eigenvalue weighted by atomic mass is 10.2. The molecule has 3 aromatic rings. The van der Waals surface area contributed by atoms with E-state index in [9.17, 15) is 9.18 Å². The Hall–Kier alpha value is -3.00. The minimum absolute atomic E-state index is 0.332. The highest BCUT2D eigenvalue weighted by molar-refractivity contribution is 7.10. The van der Waals surface area contributed by atoms with Gasteiger partial charge in [-0.15, -0.1) is 0 Å². The number of anilines is 1. The number of hydrogen-bond acceptors (Lipinski definition) is 6. The average molecular weight is 401 g/mol. The van der Waals surface area contributed by atoms with E-state index in [0.717, 1.165) is 22.8 Å². The van der Waals surface area contributed by atoms with Crippen molar-refractivity contribution in [1.29, 1.82) is 0 Å². The molecule has 0 saturated heterocycles. The monoisotopic (exact) mass is 401 g/mol. The summed E-state index contributed by atoms with van der Waals surface area (Å²) in [5.41, 5.74) is 0.829. The molecule has 6 nitrogen and oxygen atoms in total. The van der Waals surface area contributed by atoms with E-state index in [1.54, 1.807) is 0 Å². The average Bonchev–Trinajstić information content (AvgIpc) is 3.16. The van der Waals surface area contributed by atoms with E-state index in [0.29, 0.717) is 29.7 Å². The molecule has 0 unspecified atom stereocenters. The van der Waals surface area contributed by atoms with E-state index in [-0.39, 0.29) is 11.7 Å². The molecular weight excluding hydrogens is 381 g/mol. The molecule has 8 heteroatoms. The summed E-state index contributed by atoms with van der Waals surface area (Å²) in [6.45, 7) is 4.36. The highest BCUT2D eigenvalue weighted by atomic mass is 32.1. The van der Waals surface area contributed by atoms with Gasteiger partial charge in [0.05, 0.1) is 6.61 Å². The number of nitrogens with zero attached hydrogens (tertiary/aromatic N) is 2. The molecule has 0 saturated carbocycles. The maximum absolute atomic E-state index is 13.0. The molecule has 1 amide bonds. The summed E-state index contributed by atoms with van der Waals surface area (Å²) in [5.74, 6) is 1.03. The van der Waals surface area contributed by atoms with Gasteiger partial charge >= 0.3 is 0 Å². The maximum atomic E-state index is 13.0. The SMILES string of the molecule is CCOc1ccc(-c2nsc(NC(=O)[C@@H](CC)Oc3ccc(F)cc3)n2)cc1. The van der Waals surface area contributed by atoms with Gasteiger partial charge in [0.15, 0.2) is 11.9 Å². The molecule has 1 heterocycles. The summed E-state index contributed by atoms with van der Waals surface area (Å²) in [5, 5.41) is 3.11. The second kappa shape index (κ2) is 9.27. The normalized spacial score (nSPS) is 11.7. The van der Waals surface area contributed by atoms with Crippen LogP contribution in [0.5, 0.6) is 11.5 Å². The molecule has 0 aliphatic carbocycles. The van der Waals surface area contributed by atoms with E-state index in [2.05, 4.69) is 14.7 Å². The molecule has 1 aromatic heterocycles. The number of carbonyl (C=O) groups is 1. The Balaban J connectivity index is 1.64. The van der Waals surface area contributed by atoms with Crippen molar-refractivity contribution in [3.05, 3.63) is 54.3 Å². The number of amides is 1. The smallest absolute Gasteiger partial charge is 0.267 e. The molecule has 3 rings (SSSR count). The predicted octanol–water partition coefficient (Wildman–Crippen LogP) is 4.54. The van der Waals surface area contributed by atoms with Gasteiger partial charge in [0.1, 0.15) is 17.3 Å².